The zero-order valence-corrected chi connectivity index (χ0v) is 14.9. The summed E-state index contributed by atoms with van der Waals surface area (Å²) in [6, 6.07) is 9.62. The smallest absolute Gasteiger partial charge is 0.252 e. The van der Waals surface area contributed by atoms with Gasteiger partial charge < -0.3 is 14.2 Å². The van der Waals surface area contributed by atoms with Crippen molar-refractivity contribution in [2.75, 3.05) is 19.8 Å². The van der Waals surface area contributed by atoms with E-state index in [2.05, 4.69) is 20.0 Å². The maximum absolute atomic E-state index is 12.5. The average Bonchev–Trinajstić information content (AvgIpc) is 3.13. The summed E-state index contributed by atoms with van der Waals surface area (Å²) < 4.78 is 11.0. The van der Waals surface area contributed by atoms with Crippen LogP contribution in [-0.2, 0) is 11.3 Å². The first-order valence-corrected chi connectivity index (χ1v) is 8.88. The molecule has 3 heterocycles. The van der Waals surface area contributed by atoms with Gasteiger partial charge in [0.15, 0.2) is 5.82 Å². The van der Waals surface area contributed by atoms with E-state index in [9.17, 15) is 4.79 Å². The van der Waals surface area contributed by atoms with Gasteiger partial charge >= 0.3 is 0 Å². The molecule has 1 fully saturated rings. The summed E-state index contributed by atoms with van der Waals surface area (Å²) in [5, 5.41) is 5.15. The van der Waals surface area contributed by atoms with E-state index < -0.39 is 0 Å². The summed E-state index contributed by atoms with van der Waals surface area (Å²) >= 11 is 0. The zero-order valence-electron chi connectivity index (χ0n) is 14.9. The molecule has 0 bridgehead atoms. The van der Waals surface area contributed by atoms with Crippen LogP contribution >= 0.6 is 0 Å². The van der Waals surface area contributed by atoms with Crippen molar-refractivity contribution in [3.05, 3.63) is 58.0 Å². The third-order valence-electron chi connectivity index (χ3n) is 4.69. The summed E-state index contributed by atoms with van der Waals surface area (Å²) in [6.45, 7) is 6.36. The van der Waals surface area contributed by atoms with E-state index in [1.807, 2.05) is 44.2 Å². The lowest BCUT2D eigenvalue weighted by Gasteiger charge is -2.33. The van der Waals surface area contributed by atoms with E-state index >= 15 is 0 Å². The van der Waals surface area contributed by atoms with Gasteiger partial charge in [-0.25, -0.2) is 0 Å². The molecule has 136 valence electrons. The molecule has 7 heteroatoms. The van der Waals surface area contributed by atoms with Gasteiger partial charge in [-0.3, -0.25) is 9.69 Å². The van der Waals surface area contributed by atoms with E-state index in [4.69, 9.17) is 9.26 Å². The third-order valence-corrected chi connectivity index (χ3v) is 4.69. The predicted octanol–water partition coefficient (Wildman–Crippen LogP) is 2.61. The molecule has 1 aliphatic rings. The van der Waals surface area contributed by atoms with Crippen molar-refractivity contribution in [2.45, 2.75) is 32.4 Å². The third kappa shape index (κ3) is 3.27. The molecule has 3 aromatic rings. The number of pyridine rings is 1. The minimum atomic E-state index is -0.120. The number of morpholine rings is 1. The molecular weight excluding hydrogens is 332 g/mol. The minimum absolute atomic E-state index is 0.0649. The second-order valence-corrected chi connectivity index (χ2v) is 6.92. The largest absolute Gasteiger partial charge is 0.378 e. The number of nitrogens with one attached hydrogen (secondary N) is 1. The molecule has 0 amide bonds. The lowest BCUT2D eigenvalue weighted by atomic mass is 10.1. The summed E-state index contributed by atoms with van der Waals surface area (Å²) in [4.78, 5) is 22.1. The Hall–Kier alpha value is -2.51. The summed E-state index contributed by atoms with van der Waals surface area (Å²) in [6.07, 6.45) is 0. The number of rotatable bonds is 4. The zero-order chi connectivity index (χ0) is 18.1. The van der Waals surface area contributed by atoms with Gasteiger partial charge in [0.1, 0.15) is 0 Å². The second kappa shape index (κ2) is 7.01. The fraction of sp³-hybridized carbons (Fsp3) is 0.421. The minimum Gasteiger partial charge on any atom is -0.378 e. The van der Waals surface area contributed by atoms with Crippen molar-refractivity contribution >= 4 is 10.9 Å². The van der Waals surface area contributed by atoms with E-state index in [1.54, 1.807) is 0 Å². The Kier molecular flexibility index (Phi) is 4.57. The first-order valence-electron chi connectivity index (χ1n) is 8.88. The molecule has 0 aliphatic carbocycles. The van der Waals surface area contributed by atoms with Crippen LogP contribution in [0.15, 0.2) is 39.6 Å². The highest BCUT2D eigenvalue weighted by Crippen LogP contribution is 2.25. The van der Waals surface area contributed by atoms with Gasteiger partial charge in [0, 0.05) is 30.1 Å². The maximum Gasteiger partial charge on any atom is 0.252 e. The van der Waals surface area contributed by atoms with Crippen LogP contribution in [0.25, 0.3) is 10.9 Å². The molecular formula is C19H22N4O3. The van der Waals surface area contributed by atoms with Crippen LogP contribution in [-0.4, -0.2) is 39.8 Å². The molecule has 1 aliphatic heterocycles. The topological polar surface area (TPSA) is 84.2 Å². The van der Waals surface area contributed by atoms with Gasteiger partial charge in [-0.1, -0.05) is 37.2 Å². The monoisotopic (exact) mass is 354 g/mol. The van der Waals surface area contributed by atoms with Crippen LogP contribution in [0.3, 0.4) is 0 Å². The van der Waals surface area contributed by atoms with Gasteiger partial charge in [0.25, 0.3) is 5.56 Å². The average molecular weight is 354 g/mol. The van der Waals surface area contributed by atoms with Crippen molar-refractivity contribution in [1.82, 2.24) is 20.0 Å². The first-order chi connectivity index (χ1) is 12.6. The van der Waals surface area contributed by atoms with Gasteiger partial charge in [0.05, 0.1) is 19.3 Å². The Balaban J connectivity index is 1.62. The first kappa shape index (κ1) is 16.9. The Morgan fingerprint density at radius 3 is 3.00 bits per heavy atom. The standard InChI is InChI=1S/C19H22N4O3/c1-12(2)19-21-17(22-26-19)16-11-25-8-7-23(16)10-14-9-13-5-3-4-6-15(13)20-18(14)24/h3-6,9,12,16H,7-8,10-11H2,1-2H3,(H,20,24). The second-order valence-electron chi connectivity index (χ2n) is 6.92. The van der Waals surface area contributed by atoms with Gasteiger partial charge in [-0.2, -0.15) is 4.98 Å². The molecule has 4 rings (SSSR count). The fourth-order valence-electron chi connectivity index (χ4n) is 3.21. The Morgan fingerprint density at radius 2 is 2.19 bits per heavy atom. The van der Waals surface area contributed by atoms with Crippen LogP contribution in [0.1, 0.15) is 43.1 Å². The van der Waals surface area contributed by atoms with Crippen molar-refractivity contribution in [3.8, 4) is 0 Å². The molecule has 1 saturated heterocycles. The number of ether oxygens (including phenoxy) is 1. The molecule has 0 radical (unpaired) electrons. The van der Waals surface area contributed by atoms with E-state index in [0.717, 1.165) is 16.5 Å². The quantitative estimate of drug-likeness (QED) is 0.775. The fourth-order valence-corrected chi connectivity index (χ4v) is 3.21. The number of nitrogens with zero attached hydrogens (tertiary/aromatic N) is 3. The highest BCUT2D eigenvalue weighted by Gasteiger charge is 2.29. The number of benzene rings is 1. The molecule has 1 atom stereocenters. The normalized spacial score (nSPS) is 18.7. The SMILES string of the molecule is CC(C)c1nc(C2COCCN2Cc2cc3ccccc3[nH]c2=O)no1. The Morgan fingerprint density at radius 1 is 1.35 bits per heavy atom. The number of aromatic amines is 1. The molecule has 7 nitrogen and oxygen atoms in total. The van der Waals surface area contributed by atoms with Crippen LogP contribution in [0.4, 0.5) is 0 Å². The lowest BCUT2D eigenvalue weighted by molar-refractivity contribution is -0.0167. The van der Waals surface area contributed by atoms with Gasteiger partial charge in [-0.15, -0.1) is 0 Å². The molecule has 2 aromatic heterocycles. The Bertz CT molecular complexity index is 963. The van der Waals surface area contributed by atoms with E-state index in [1.165, 1.54) is 0 Å². The summed E-state index contributed by atoms with van der Waals surface area (Å²) in [7, 11) is 0. The Labute approximate surface area is 151 Å². The van der Waals surface area contributed by atoms with Gasteiger partial charge in [0.2, 0.25) is 5.89 Å². The van der Waals surface area contributed by atoms with Crippen molar-refractivity contribution in [3.63, 3.8) is 0 Å². The predicted molar refractivity (Wildman–Crippen MR) is 96.9 cm³/mol. The van der Waals surface area contributed by atoms with Crippen molar-refractivity contribution < 1.29 is 9.26 Å². The number of para-hydroxylation sites is 1. The van der Waals surface area contributed by atoms with Crippen molar-refractivity contribution in [2.24, 2.45) is 0 Å². The van der Waals surface area contributed by atoms with Crippen molar-refractivity contribution in [1.29, 1.82) is 0 Å². The number of hydrogen-bond donors (Lipinski definition) is 1. The van der Waals surface area contributed by atoms with Crippen LogP contribution in [0.5, 0.6) is 0 Å². The highest BCUT2D eigenvalue weighted by molar-refractivity contribution is 5.78. The molecule has 0 spiro atoms. The molecule has 1 unspecified atom stereocenters. The lowest BCUT2D eigenvalue weighted by Crippen LogP contribution is -2.40. The summed E-state index contributed by atoms with van der Waals surface area (Å²) in [5.74, 6) is 1.41. The van der Waals surface area contributed by atoms with Crippen LogP contribution in [0.2, 0.25) is 0 Å². The maximum atomic E-state index is 12.5. The molecule has 1 aromatic carbocycles. The van der Waals surface area contributed by atoms with Crippen LogP contribution in [0, 0.1) is 0 Å². The molecule has 0 saturated carbocycles. The molecule has 1 N–H and O–H groups in total. The molecule has 26 heavy (non-hydrogen) atoms. The number of aromatic nitrogens is 3. The number of hydrogen-bond acceptors (Lipinski definition) is 6. The van der Waals surface area contributed by atoms with Crippen LogP contribution < -0.4 is 5.56 Å². The number of H-pyrrole nitrogens is 1. The summed E-state index contributed by atoms with van der Waals surface area (Å²) in [5.41, 5.74) is 1.51. The van der Waals surface area contributed by atoms with E-state index in [0.29, 0.717) is 38.0 Å². The van der Waals surface area contributed by atoms with E-state index in [-0.39, 0.29) is 17.5 Å². The highest BCUT2D eigenvalue weighted by atomic mass is 16.5. The number of fused-ring (bicyclic) bond motifs is 1. The van der Waals surface area contributed by atoms with Gasteiger partial charge in [-0.05, 0) is 17.5 Å².